The van der Waals surface area contributed by atoms with Crippen molar-refractivity contribution in [3.63, 3.8) is 0 Å². The number of aliphatic imine (C=N–C) groups is 1. The van der Waals surface area contributed by atoms with E-state index < -0.39 is 0 Å². The Morgan fingerprint density at radius 2 is 1.91 bits per heavy atom. The van der Waals surface area contributed by atoms with Gasteiger partial charge in [-0.15, -0.1) is 0 Å². The second-order valence-electron chi connectivity index (χ2n) is 5.08. The Balaban J connectivity index is 1.69. The molecule has 2 aromatic heterocycles. The third kappa shape index (κ3) is 2.29. The molecule has 3 N–H and O–H groups in total. The van der Waals surface area contributed by atoms with Crippen molar-refractivity contribution in [2.75, 3.05) is 0 Å². The average molecular weight is 289 g/mol. The number of benzene rings is 2. The Morgan fingerprint density at radius 1 is 1.00 bits per heavy atom. The fourth-order valence-corrected chi connectivity index (χ4v) is 2.47. The van der Waals surface area contributed by atoms with E-state index in [-0.39, 0.29) is 5.69 Å². The minimum absolute atomic E-state index is 0.207. The van der Waals surface area contributed by atoms with Crippen molar-refractivity contribution < 1.29 is 4.98 Å². The molecule has 0 aliphatic carbocycles. The first-order valence-electron chi connectivity index (χ1n) is 6.94. The molecule has 0 fully saturated rings. The monoisotopic (exact) mass is 289 g/mol. The summed E-state index contributed by atoms with van der Waals surface area (Å²) in [6.45, 7) is 0. The highest BCUT2D eigenvalue weighted by Gasteiger charge is 2.00. The topological polar surface area (TPSA) is 75.2 Å². The number of nitrogens with zero attached hydrogens (tertiary/aromatic N) is 1. The fraction of sp³-hybridized carbons (Fsp3) is 0. The van der Waals surface area contributed by atoms with E-state index in [9.17, 15) is 4.79 Å². The van der Waals surface area contributed by atoms with E-state index in [1.54, 1.807) is 0 Å². The molecule has 0 amide bonds. The first-order chi connectivity index (χ1) is 10.8. The molecule has 0 saturated carbocycles. The molecule has 4 rings (SSSR count). The zero-order valence-electron chi connectivity index (χ0n) is 11.6. The van der Waals surface area contributed by atoms with E-state index in [1.165, 1.54) is 0 Å². The van der Waals surface area contributed by atoms with Gasteiger partial charge in [-0.2, -0.15) is 0 Å². The number of hydrogen-bond acceptors (Lipinski definition) is 2. The molecule has 0 saturated heterocycles. The highest BCUT2D eigenvalue weighted by molar-refractivity contribution is 5.89. The smallest absolute Gasteiger partial charge is 0.306 e. The molecule has 4 aromatic rings. The molecule has 0 aliphatic heterocycles. The molecule has 0 unspecified atom stereocenters. The molecule has 2 aromatic carbocycles. The van der Waals surface area contributed by atoms with Crippen LogP contribution in [0.1, 0.15) is 5.56 Å². The first kappa shape index (κ1) is 12.5. The van der Waals surface area contributed by atoms with Crippen LogP contribution >= 0.6 is 0 Å². The van der Waals surface area contributed by atoms with Gasteiger partial charge in [0.05, 0.1) is 16.7 Å². The van der Waals surface area contributed by atoms with Gasteiger partial charge in [0.1, 0.15) is 0 Å². The van der Waals surface area contributed by atoms with Gasteiger partial charge in [0.2, 0.25) is 5.52 Å². The number of nitrogens with one attached hydrogen (secondary N) is 3. The molecule has 106 valence electrons. The Kier molecular flexibility index (Phi) is 2.83. The van der Waals surface area contributed by atoms with E-state index in [0.29, 0.717) is 0 Å². The van der Waals surface area contributed by atoms with Crippen molar-refractivity contribution in [2.45, 2.75) is 0 Å². The van der Waals surface area contributed by atoms with Gasteiger partial charge in [-0.05, 0) is 42.0 Å². The number of rotatable bonds is 2. The van der Waals surface area contributed by atoms with Crippen LogP contribution in [-0.4, -0.2) is 16.2 Å². The van der Waals surface area contributed by atoms with Gasteiger partial charge in [-0.3, -0.25) is 4.99 Å². The van der Waals surface area contributed by atoms with E-state index in [4.69, 9.17) is 0 Å². The number of imidazole rings is 1. The van der Waals surface area contributed by atoms with Crippen molar-refractivity contribution >= 4 is 33.8 Å². The van der Waals surface area contributed by atoms with E-state index in [1.807, 2.05) is 48.8 Å². The van der Waals surface area contributed by atoms with Gasteiger partial charge >= 0.3 is 5.69 Å². The largest absolute Gasteiger partial charge is 0.323 e. The van der Waals surface area contributed by atoms with Crippen molar-refractivity contribution in [1.29, 1.82) is 0 Å². The molecule has 2 heterocycles. The van der Waals surface area contributed by atoms with E-state index in [2.05, 4.69) is 32.1 Å². The summed E-state index contributed by atoms with van der Waals surface area (Å²) in [6, 6.07) is 15.7. The SMILES string of the molecule is O=c1[nH]c2ccc(N=Cc3ccc4[nH+]cccc4c3)cc2[nH]1. The zero-order chi connectivity index (χ0) is 14.9. The Bertz CT molecular complexity index is 1060. The lowest BCUT2D eigenvalue weighted by Gasteiger charge is -1.96. The van der Waals surface area contributed by atoms with Crippen molar-refractivity contribution in [3.05, 3.63) is 70.8 Å². The van der Waals surface area contributed by atoms with Crippen LogP contribution in [0.4, 0.5) is 5.69 Å². The predicted molar refractivity (Wildman–Crippen MR) is 86.7 cm³/mol. The fourth-order valence-electron chi connectivity index (χ4n) is 2.47. The van der Waals surface area contributed by atoms with E-state index >= 15 is 0 Å². The summed E-state index contributed by atoms with van der Waals surface area (Å²) in [6.07, 6.45) is 3.72. The number of H-pyrrole nitrogens is 3. The quantitative estimate of drug-likeness (QED) is 0.547. The highest BCUT2D eigenvalue weighted by atomic mass is 16.1. The second-order valence-corrected chi connectivity index (χ2v) is 5.08. The van der Waals surface area contributed by atoms with Gasteiger partial charge < -0.3 is 9.97 Å². The first-order valence-corrected chi connectivity index (χ1v) is 6.94. The van der Waals surface area contributed by atoms with Crippen molar-refractivity contribution in [3.8, 4) is 0 Å². The summed E-state index contributed by atoms with van der Waals surface area (Å²) in [7, 11) is 0. The number of fused-ring (bicyclic) bond motifs is 2. The minimum atomic E-state index is -0.207. The molecule has 5 nitrogen and oxygen atoms in total. The van der Waals surface area contributed by atoms with Crippen LogP contribution in [0.15, 0.2) is 64.5 Å². The van der Waals surface area contributed by atoms with Crippen LogP contribution in [-0.2, 0) is 0 Å². The van der Waals surface area contributed by atoms with Crippen LogP contribution in [0.3, 0.4) is 0 Å². The Hall–Kier alpha value is -3.21. The standard InChI is InChI=1S/C17H12N4O/c22-17-20-15-6-4-13(9-16(15)21-17)19-10-11-3-5-14-12(8-11)2-1-7-18-14/h1-10H,(H2,20,21,22)/p+1. The predicted octanol–water partition coefficient (Wildman–Crippen LogP) is 2.57. The molecule has 0 radical (unpaired) electrons. The van der Waals surface area contributed by atoms with Crippen molar-refractivity contribution in [2.24, 2.45) is 4.99 Å². The Labute approximate surface area is 125 Å². The van der Waals surface area contributed by atoms with E-state index in [0.717, 1.165) is 33.2 Å². The average Bonchev–Trinajstić information content (AvgIpc) is 2.92. The third-order valence-electron chi connectivity index (χ3n) is 3.55. The van der Waals surface area contributed by atoms with Gasteiger partial charge in [-0.1, -0.05) is 0 Å². The van der Waals surface area contributed by atoms with Gasteiger partial charge in [0.25, 0.3) is 0 Å². The lowest BCUT2D eigenvalue weighted by molar-refractivity contribution is -0.344. The van der Waals surface area contributed by atoms with Gasteiger partial charge in [-0.25, -0.2) is 9.78 Å². The number of aromatic amines is 3. The molecule has 5 heteroatoms. The molecule has 0 bridgehead atoms. The molecule has 0 spiro atoms. The maximum Gasteiger partial charge on any atom is 0.323 e. The third-order valence-corrected chi connectivity index (χ3v) is 3.55. The normalized spacial score (nSPS) is 11.6. The molecule has 0 atom stereocenters. The minimum Gasteiger partial charge on any atom is -0.306 e. The summed E-state index contributed by atoms with van der Waals surface area (Å²) < 4.78 is 0. The summed E-state index contributed by atoms with van der Waals surface area (Å²) in [5.74, 6) is 0. The van der Waals surface area contributed by atoms with Gasteiger partial charge in [0, 0.05) is 23.7 Å². The summed E-state index contributed by atoms with van der Waals surface area (Å²) in [4.78, 5) is 24.4. The maximum atomic E-state index is 11.3. The Morgan fingerprint density at radius 3 is 2.86 bits per heavy atom. The molecular weight excluding hydrogens is 276 g/mol. The van der Waals surface area contributed by atoms with Crippen molar-refractivity contribution in [1.82, 2.24) is 9.97 Å². The van der Waals surface area contributed by atoms with Crippen LogP contribution in [0, 0.1) is 0 Å². The molecular formula is C17H13N4O+. The number of pyridine rings is 1. The second kappa shape index (κ2) is 4.96. The molecule has 22 heavy (non-hydrogen) atoms. The summed E-state index contributed by atoms with van der Waals surface area (Å²) >= 11 is 0. The lowest BCUT2D eigenvalue weighted by atomic mass is 10.1. The molecule has 0 aliphatic rings. The van der Waals surface area contributed by atoms with Crippen LogP contribution in [0.2, 0.25) is 0 Å². The van der Waals surface area contributed by atoms with Crippen LogP contribution < -0.4 is 10.7 Å². The van der Waals surface area contributed by atoms with Crippen LogP contribution in [0.5, 0.6) is 0 Å². The summed E-state index contributed by atoms with van der Waals surface area (Å²) in [5, 5.41) is 1.14. The zero-order valence-corrected chi connectivity index (χ0v) is 11.6. The maximum absolute atomic E-state index is 11.3. The number of hydrogen-bond donors (Lipinski definition) is 2. The summed E-state index contributed by atoms with van der Waals surface area (Å²) in [5.41, 5.74) is 4.24. The highest BCUT2D eigenvalue weighted by Crippen LogP contribution is 2.18. The van der Waals surface area contributed by atoms with Gasteiger partial charge in [0.15, 0.2) is 6.20 Å². The van der Waals surface area contributed by atoms with Crippen LogP contribution in [0.25, 0.3) is 21.9 Å². The number of aromatic nitrogens is 3. The lowest BCUT2D eigenvalue weighted by Crippen LogP contribution is -2.00.